The van der Waals surface area contributed by atoms with Crippen molar-refractivity contribution < 1.29 is 4.79 Å². The summed E-state index contributed by atoms with van der Waals surface area (Å²) in [6.45, 7) is 2.16. The van der Waals surface area contributed by atoms with Crippen LogP contribution >= 0.6 is 0 Å². The Hall–Kier alpha value is -0.850. The summed E-state index contributed by atoms with van der Waals surface area (Å²) in [4.78, 5) is 12.0. The topological polar surface area (TPSA) is 17.1 Å². The van der Waals surface area contributed by atoms with Crippen molar-refractivity contribution in [2.45, 2.75) is 39.0 Å². The Kier molecular flexibility index (Phi) is 1.56. The molecule has 3 aliphatic rings. The molecule has 0 saturated heterocycles. The number of hydrogen-bond donors (Lipinski definition) is 0. The lowest BCUT2D eigenvalue weighted by molar-refractivity contribution is -0.135. The zero-order valence-corrected chi connectivity index (χ0v) is 8.68. The highest BCUT2D eigenvalue weighted by Gasteiger charge is 2.55. The van der Waals surface area contributed by atoms with E-state index >= 15 is 0 Å². The molecule has 0 aromatic carbocycles. The first-order valence-corrected chi connectivity index (χ1v) is 5.66. The standard InChI is InChI=1S/C13H16O/c1-9-7-10-3-2-4-12(14)13(10)6-5-11(13)8-9/h7-8,11H,2-6H2,1H3/t11-,13-/m1/s1. The van der Waals surface area contributed by atoms with Crippen LogP contribution in [0.2, 0.25) is 0 Å². The Labute approximate surface area is 84.9 Å². The van der Waals surface area contributed by atoms with Crippen molar-refractivity contribution in [3.63, 3.8) is 0 Å². The van der Waals surface area contributed by atoms with E-state index in [1.165, 1.54) is 17.6 Å². The SMILES string of the molecule is CC1=C[C@H]2CC[C@]23C(=O)CCCC3=C1. The maximum absolute atomic E-state index is 12.0. The Balaban J connectivity index is 2.09. The van der Waals surface area contributed by atoms with Crippen LogP contribution in [0.5, 0.6) is 0 Å². The third kappa shape index (κ3) is 0.832. The van der Waals surface area contributed by atoms with Crippen molar-refractivity contribution in [1.82, 2.24) is 0 Å². The van der Waals surface area contributed by atoms with Crippen molar-refractivity contribution >= 4 is 5.78 Å². The van der Waals surface area contributed by atoms with E-state index in [0.29, 0.717) is 11.7 Å². The quantitative estimate of drug-likeness (QED) is 0.571. The van der Waals surface area contributed by atoms with E-state index in [1.807, 2.05) is 0 Å². The van der Waals surface area contributed by atoms with Gasteiger partial charge in [-0.2, -0.15) is 0 Å². The highest BCUT2D eigenvalue weighted by atomic mass is 16.1. The van der Waals surface area contributed by atoms with Crippen LogP contribution in [0, 0.1) is 11.3 Å². The van der Waals surface area contributed by atoms with Gasteiger partial charge in [0.15, 0.2) is 0 Å². The van der Waals surface area contributed by atoms with Gasteiger partial charge in [0.2, 0.25) is 0 Å². The lowest BCUT2D eigenvalue weighted by atomic mass is 9.49. The second-order valence-electron chi connectivity index (χ2n) is 4.97. The van der Waals surface area contributed by atoms with Crippen molar-refractivity contribution in [2.24, 2.45) is 11.3 Å². The molecule has 0 unspecified atom stereocenters. The van der Waals surface area contributed by atoms with E-state index in [4.69, 9.17) is 0 Å². The van der Waals surface area contributed by atoms with E-state index in [1.54, 1.807) is 0 Å². The molecule has 2 fully saturated rings. The van der Waals surface area contributed by atoms with Gasteiger partial charge in [-0.05, 0) is 38.5 Å². The van der Waals surface area contributed by atoms with Crippen LogP contribution in [-0.4, -0.2) is 5.78 Å². The monoisotopic (exact) mass is 188 g/mol. The van der Waals surface area contributed by atoms with E-state index in [9.17, 15) is 4.79 Å². The number of ketones is 1. The second kappa shape index (κ2) is 2.59. The van der Waals surface area contributed by atoms with Gasteiger partial charge in [-0.3, -0.25) is 4.79 Å². The fourth-order valence-electron chi connectivity index (χ4n) is 3.48. The first kappa shape index (κ1) is 8.46. The molecule has 0 N–H and O–H groups in total. The van der Waals surface area contributed by atoms with Crippen LogP contribution in [0.4, 0.5) is 0 Å². The lowest BCUT2D eigenvalue weighted by Gasteiger charge is -2.53. The third-order valence-corrected chi connectivity index (χ3v) is 4.27. The maximum Gasteiger partial charge on any atom is 0.143 e. The average Bonchev–Trinajstić information content (AvgIpc) is 2.11. The summed E-state index contributed by atoms with van der Waals surface area (Å²) in [6.07, 6.45) is 9.98. The van der Waals surface area contributed by atoms with Gasteiger partial charge in [0.05, 0.1) is 5.41 Å². The van der Waals surface area contributed by atoms with Gasteiger partial charge in [0, 0.05) is 6.42 Å². The van der Waals surface area contributed by atoms with Gasteiger partial charge < -0.3 is 0 Å². The summed E-state index contributed by atoms with van der Waals surface area (Å²) in [5.74, 6) is 1.07. The van der Waals surface area contributed by atoms with E-state index < -0.39 is 0 Å². The smallest absolute Gasteiger partial charge is 0.143 e. The molecule has 0 aromatic rings. The molecule has 3 aliphatic carbocycles. The van der Waals surface area contributed by atoms with Crippen molar-refractivity contribution in [2.75, 3.05) is 0 Å². The van der Waals surface area contributed by atoms with Gasteiger partial charge in [-0.1, -0.05) is 23.3 Å². The first-order valence-electron chi connectivity index (χ1n) is 5.66. The molecule has 0 bridgehead atoms. The van der Waals surface area contributed by atoms with Crippen LogP contribution in [0.25, 0.3) is 0 Å². The minimum atomic E-state index is -0.00222. The second-order valence-corrected chi connectivity index (χ2v) is 4.97. The van der Waals surface area contributed by atoms with Gasteiger partial charge in [0.1, 0.15) is 5.78 Å². The molecule has 1 nitrogen and oxygen atoms in total. The zero-order valence-electron chi connectivity index (χ0n) is 8.68. The summed E-state index contributed by atoms with van der Waals surface area (Å²) < 4.78 is 0. The average molecular weight is 188 g/mol. The van der Waals surface area contributed by atoms with Gasteiger partial charge in [-0.25, -0.2) is 0 Å². The summed E-state index contributed by atoms with van der Waals surface area (Å²) in [6, 6.07) is 0. The molecule has 1 heteroatoms. The predicted molar refractivity (Wildman–Crippen MR) is 55.9 cm³/mol. The van der Waals surface area contributed by atoms with Crippen LogP contribution in [0.15, 0.2) is 23.3 Å². The highest BCUT2D eigenvalue weighted by Crippen LogP contribution is 2.59. The number of hydrogen-bond acceptors (Lipinski definition) is 1. The number of Topliss-reactive ketones (excluding diaryl/α,β-unsaturated/α-hetero) is 1. The minimum Gasteiger partial charge on any atom is -0.299 e. The fraction of sp³-hybridized carbons (Fsp3) is 0.615. The molecule has 0 aromatic heterocycles. The summed E-state index contributed by atoms with van der Waals surface area (Å²) >= 11 is 0. The molecular weight excluding hydrogens is 172 g/mol. The molecule has 0 amide bonds. The van der Waals surface area contributed by atoms with Gasteiger partial charge in [0.25, 0.3) is 0 Å². The number of rotatable bonds is 0. The Morgan fingerprint density at radius 1 is 1.43 bits per heavy atom. The Bertz CT molecular complexity index is 361. The van der Waals surface area contributed by atoms with Crippen molar-refractivity contribution in [1.29, 1.82) is 0 Å². The summed E-state index contributed by atoms with van der Waals surface area (Å²) in [7, 11) is 0. The van der Waals surface area contributed by atoms with Crippen molar-refractivity contribution in [3.8, 4) is 0 Å². The third-order valence-electron chi connectivity index (χ3n) is 4.27. The zero-order chi connectivity index (χ0) is 9.76. The molecular formula is C13H16O. The Morgan fingerprint density at radius 2 is 2.29 bits per heavy atom. The van der Waals surface area contributed by atoms with Crippen LogP contribution in [0.3, 0.4) is 0 Å². The molecule has 1 spiro atoms. The molecule has 3 rings (SSSR count). The van der Waals surface area contributed by atoms with E-state index in [-0.39, 0.29) is 5.41 Å². The normalized spacial score (nSPS) is 40.4. The molecule has 74 valence electrons. The van der Waals surface area contributed by atoms with E-state index in [0.717, 1.165) is 25.7 Å². The van der Waals surface area contributed by atoms with Gasteiger partial charge in [-0.15, -0.1) is 0 Å². The summed E-state index contributed by atoms with van der Waals surface area (Å²) in [5, 5.41) is 0. The molecule has 2 saturated carbocycles. The number of allylic oxidation sites excluding steroid dienone is 4. The maximum atomic E-state index is 12.0. The van der Waals surface area contributed by atoms with Crippen molar-refractivity contribution in [3.05, 3.63) is 23.3 Å². The predicted octanol–water partition coefficient (Wildman–Crippen LogP) is 3.02. The largest absolute Gasteiger partial charge is 0.299 e. The lowest BCUT2D eigenvalue weighted by Crippen LogP contribution is -2.50. The van der Waals surface area contributed by atoms with Crippen LogP contribution in [0.1, 0.15) is 39.0 Å². The molecule has 0 radical (unpaired) electrons. The summed E-state index contributed by atoms with van der Waals surface area (Å²) in [5.41, 5.74) is 2.82. The number of carbonyl (C=O) groups excluding carboxylic acids is 1. The first-order chi connectivity index (χ1) is 6.73. The van der Waals surface area contributed by atoms with Gasteiger partial charge >= 0.3 is 0 Å². The molecule has 0 heterocycles. The van der Waals surface area contributed by atoms with Crippen LogP contribution in [-0.2, 0) is 4.79 Å². The molecule has 14 heavy (non-hydrogen) atoms. The number of carbonyl (C=O) groups is 1. The highest BCUT2D eigenvalue weighted by molar-refractivity contribution is 5.91. The molecule has 0 aliphatic heterocycles. The fourth-order valence-corrected chi connectivity index (χ4v) is 3.48. The minimum absolute atomic E-state index is 0.00222. The van der Waals surface area contributed by atoms with Crippen LogP contribution < -0.4 is 0 Å². The van der Waals surface area contributed by atoms with E-state index in [2.05, 4.69) is 19.1 Å². The Morgan fingerprint density at radius 3 is 3.00 bits per heavy atom. The molecule has 2 atom stereocenters.